The molecule has 1 aromatic carbocycles. The van der Waals surface area contributed by atoms with E-state index in [1.807, 2.05) is 0 Å². The fraction of sp³-hybridized carbons (Fsp3) is 0.476. The maximum absolute atomic E-state index is 13.2. The number of hydrogen-bond donors (Lipinski definition) is 1. The predicted octanol–water partition coefficient (Wildman–Crippen LogP) is 2.47. The molecule has 0 bridgehead atoms. The number of rotatable bonds is 9. The minimum Gasteiger partial charge on any atom is -0.433 e. The van der Waals surface area contributed by atoms with Crippen LogP contribution in [-0.2, 0) is 20.1 Å². The van der Waals surface area contributed by atoms with Gasteiger partial charge in [0.15, 0.2) is 11.2 Å². The SMILES string of the molecule is Cn1c(=O)n(CCCO)c(=O)c2c1nc(Oc1cccc(OC(C)(F)F)c1)n2CC1CC1. The zero-order valence-electron chi connectivity index (χ0n) is 17.8. The summed E-state index contributed by atoms with van der Waals surface area (Å²) in [6.07, 6.45) is -1.09. The molecule has 1 aliphatic rings. The number of benzene rings is 1. The molecule has 3 aromatic rings. The molecule has 0 unspecified atom stereocenters. The highest BCUT2D eigenvalue weighted by molar-refractivity contribution is 5.72. The molecular formula is C21H24F2N4O5. The number of hydrogen-bond acceptors (Lipinski definition) is 6. The highest BCUT2D eigenvalue weighted by Gasteiger charge is 2.28. The van der Waals surface area contributed by atoms with Crippen molar-refractivity contribution < 1.29 is 23.4 Å². The molecule has 2 aromatic heterocycles. The quantitative estimate of drug-likeness (QED) is 0.538. The summed E-state index contributed by atoms with van der Waals surface area (Å²) in [4.78, 5) is 30.2. The van der Waals surface area contributed by atoms with Crippen LogP contribution in [-0.4, -0.2) is 36.5 Å². The smallest absolute Gasteiger partial charge is 0.394 e. The molecule has 1 fully saturated rings. The maximum Gasteiger partial charge on any atom is 0.394 e. The largest absolute Gasteiger partial charge is 0.433 e. The number of halogens is 2. The van der Waals surface area contributed by atoms with Gasteiger partial charge in [0.1, 0.15) is 11.5 Å². The molecule has 4 rings (SSSR count). The number of nitrogens with zero attached hydrogens (tertiary/aromatic N) is 4. The molecule has 1 saturated carbocycles. The minimum atomic E-state index is -3.35. The Bertz CT molecular complexity index is 1250. The van der Waals surface area contributed by atoms with Crippen molar-refractivity contribution in [1.82, 2.24) is 18.7 Å². The first-order valence-electron chi connectivity index (χ1n) is 10.3. The van der Waals surface area contributed by atoms with Crippen LogP contribution in [0.5, 0.6) is 17.5 Å². The van der Waals surface area contributed by atoms with Crippen LogP contribution in [0.15, 0.2) is 33.9 Å². The van der Waals surface area contributed by atoms with Crippen molar-refractivity contribution in [2.24, 2.45) is 13.0 Å². The molecule has 0 saturated heterocycles. The van der Waals surface area contributed by atoms with Gasteiger partial charge in [0.05, 0.1) is 0 Å². The molecule has 32 heavy (non-hydrogen) atoms. The Kier molecular flexibility index (Phi) is 5.76. The van der Waals surface area contributed by atoms with E-state index in [1.165, 1.54) is 29.8 Å². The normalized spacial score (nSPS) is 14.2. The summed E-state index contributed by atoms with van der Waals surface area (Å²) in [7, 11) is 1.51. The first kappa shape index (κ1) is 22.0. The van der Waals surface area contributed by atoms with E-state index in [4.69, 9.17) is 9.84 Å². The monoisotopic (exact) mass is 450 g/mol. The van der Waals surface area contributed by atoms with Crippen LogP contribution in [0.1, 0.15) is 26.2 Å². The lowest BCUT2D eigenvalue weighted by Crippen LogP contribution is -2.40. The Balaban J connectivity index is 1.80. The average molecular weight is 450 g/mol. The van der Waals surface area contributed by atoms with Gasteiger partial charge in [-0.1, -0.05) is 6.07 Å². The van der Waals surface area contributed by atoms with Gasteiger partial charge in [-0.15, -0.1) is 0 Å². The number of aryl methyl sites for hydroxylation is 1. The van der Waals surface area contributed by atoms with E-state index in [9.17, 15) is 18.4 Å². The van der Waals surface area contributed by atoms with Crippen molar-refractivity contribution in [1.29, 1.82) is 0 Å². The Labute approximate surface area is 181 Å². The molecule has 1 aliphatic carbocycles. The molecule has 2 heterocycles. The summed E-state index contributed by atoms with van der Waals surface area (Å²) in [6, 6.07) is 5.82. The maximum atomic E-state index is 13.2. The van der Waals surface area contributed by atoms with Crippen molar-refractivity contribution in [3.05, 3.63) is 45.1 Å². The molecule has 0 spiro atoms. The molecule has 11 heteroatoms. The lowest BCUT2D eigenvalue weighted by atomic mass is 10.3. The molecule has 9 nitrogen and oxygen atoms in total. The van der Waals surface area contributed by atoms with Gasteiger partial charge in [-0.25, -0.2) is 4.79 Å². The van der Waals surface area contributed by atoms with Crippen LogP contribution in [0.4, 0.5) is 8.78 Å². The second kappa shape index (κ2) is 8.38. The summed E-state index contributed by atoms with van der Waals surface area (Å²) in [6.45, 7) is 1.03. The third-order valence-electron chi connectivity index (χ3n) is 5.19. The van der Waals surface area contributed by atoms with Crippen molar-refractivity contribution in [3.8, 4) is 17.5 Å². The lowest BCUT2D eigenvalue weighted by molar-refractivity contribution is -0.159. The van der Waals surface area contributed by atoms with E-state index < -0.39 is 17.4 Å². The lowest BCUT2D eigenvalue weighted by Gasteiger charge is -2.14. The summed E-state index contributed by atoms with van der Waals surface area (Å²) in [5.74, 6) is 0.467. The number of imidazole rings is 1. The van der Waals surface area contributed by atoms with Crippen LogP contribution >= 0.6 is 0 Å². The number of fused-ring (bicyclic) bond motifs is 1. The average Bonchev–Trinajstić information content (AvgIpc) is 3.46. The van der Waals surface area contributed by atoms with Gasteiger partial charge >= 0.3 is 17.8 Å². The zero-order valence-corrected chi connectivity index (χ0v) is 17.8. The van der Waals surface area contributed by atoms with Gasteiger partial charge in [-0.3, -0.25) is 18.5 Å². The Morgan fingerprint density at radius 1 is 1.22 bits per heavy atom. The molecule has 0 aliphatic heterocycles. The molecule has 0 atom stereocenters. The molecule has 1 N–H and O–H groups in total. The minimum absolute atomic E-state index is 0.0767. The highest BCUT2D eigenvalue weighted by atomic mass is 19.3. The van der Waals surface area contributed by atoms with Crippen molar-refractivity contribution in [2.75, 3.05) is 6.61 Å². The molecule has 0 amide bonds. The summed E-state index contributed by atoms with van der Waals surface area (Å²) < 4.78 is 40.9. The number of aliphatic hydroxyl groups is 1. The topological polar surface area (TPSA) is 101 Å². The summed E-state index contributed by atoms with van der Waals surface area (Å²) in [5.41, 5.74) is -0.663. The van der Waals surface area contributed by atoms with E-state index in [1.54, 1.807) is 10.6 Å². The zero-order chi connectivity index (χ0) is 23.0. The van der Waals surface area contributed by atoms with Crippen LogP contribution in [0.25, 0.3) is 11.2 Å². The Morgan fingerprint density at radius 2 is 1.94 bits per heavy atom. The van der Waals surface area contributed by atoms with Crippen LogP contribution in [0, 0.1) is 5.92 Å². The van der Waals surface area contributed by atoms with Crippen molar-refractivity contribution in [3.63, 3.8) is 0 Å². The van der Waals surface area contributed by atoms with Gasteiger partial charge < -0.3 is 14.6 Å². The second-order valence-electron chi connectivity index (χ2n) is 7.98. The van der Waals surface area contributed by atoms with E-state index >= 15 is 0 Å². The van der Waals surface area contributed by atoms with Gasteiger partial charge in [0.2, 0.25) is 0 Å². The van der Waals surface area contributed by atoms with Gasteiger partial charge in [0.25, 0.3) is 5.56 Å². The van der Waals surface area contributed by atoms with E-state index in [0.29, 0.717) is 19.4 Å². The summed E-state index contributed by atoms with van der Waals surface area (Å²) in [5, 5.41) is 9.12. The first-order chi connectivity index (χ1) is 15.2. The third-order valence-corrected chi connectivity index (χ3v) is 5.19. The standard InChI is InChI=1S/C21H24F2N4O5/c1-21(22,23)32-15-6-3-5-14(11-15)31-19-24-17-16(27(19)12-13-7-8-13)18(29)26(9-4-10-28)20(30)25(17)2/h3,5-6,11,13,28H,4,7-10,12H2,1-2H3. The third kappa shape index (κ3) is 4.52. The van der Waals surface area contributed by atoms with Crippen LogP contribution in [0.2, 0.25) is 0 Å². The van der Waals surface area contributed by atoms with Crippen molar-refractivity contribution >= 4 is 11.2 Å². The molecular weight excluding hydrogens is 426 g/mol. The number of aromatic nitrogens is 4. The van der Waals surface area contributed by atoms with E-state index in [2.05, 4.69) is 9.72 Å². The Morgan fingerprint density at radius 3 is 2.59 bits per heavy atom. The number of alkyl halides is 2. The summed E-state index contributed by atoms with van der Waals surface area (Å²) >= 11 is 0. The van der Waals surface area contributed by atoms with Crippen molar-refractivity contribution in [2.45, 2.75) is 45.4 Å². The second-order valence-corrected chi connectivity index (χ2v) is 7.98. The van der Waals surface area contributed by atoms with Gasteiger partial charge in [-0.05, 0) is 37.3 Å². The fourth-order valence-corrected chi connectivity index (χ4v) is 3.50. The predicted molar refractivity (Wildman–Crippen MR) is 111 cm³/mol. The Hall–Kier alpha value is -3.21. The molecule has 172 valence electrons. The van der Waals surface area contributed by atoms with Crippen LogP contribution in [0.3, 0.4) is 0 Å². The van der Waals surface area contributed by atoms with Gasteiger partial charge in [-0.2, -0.15) is 13.8 Å². The highest BCUT2D eigenvalue weighted by Crippen LogP contribution is 2.35. The van der Waals surface area contributed by atoms with Crippen LogP contribution < -0.4 is 20.7 Å². The molecule has 0 radical (unpaired) electrons. The fourth-order valence-electron chi connectivity index (χ4n) is 3.50. The van der Waals surface area contributed by atoms with E-state index in [-0.39, 0.29) is 48.2 Å². The van der Waals surface area contributed by atoms with Gasteiger partial charge in [0, 0.05) is 39.7 Å². The van der Waals surface area contributed by atoms with E-state index in [0.717, 1.165) is 17.4 Å². The number of aliphatic hydroxyl groups excluding tert-OH is 1. The first-order valence-corrected chi connectivity index (χ1v) is 10.3. The number of ether oxygens (including phenoxy) is 2.